The first-order chi connectivity index (χ1) is 12.6. The number of hydrogen-bond donors (Lipinski definition) is 2. The van der Waals surface area contributed by atoms with E-state index in [-0.39, 0.29) is 36.4 Å². The molecule has 1 unspecified atom stereocenters. The number of hydrogen-bond acceptors (Lipinski definition) is 5. The molecule has 2 N–H and O–H groups in total. The van der Waals surface area contributed by atoms with Gasteiger partial charge in [0.25, 0.3) is 0 Å². The lowest BCUT2D eigenvalue weighted by Gasteiger charge is -2.24. The normalized spacial score (nSPS) is 17.4. The third kappa shape index (κ3) is 8.41. The Morgan fingerprint density at radius 2 is 2.19 bits per heavy atom. The largest absolute Gasteiger partial charge is 0.356 e. The fourth-order valence-electron chi connectivity index (χ4n) is 3.02. The van der Waals surface area contributed by atoms with Crippen molar-refractivity contribution in [2.45, 2.75) is 38.8 Å². The van der Waals surface area contributed by atoms with Crippen LogP contribution in [-0.4, -0.2) is 89.5 Å². The molecule has 2 heterocycles. The molecule has 154 valence electrons. The summed E-state index contributed by atoms with van der Waals surface area (Å²) in [5, 5.41) is 14.5. The second-order valence-corrected chi connectivity index (χ2v) is 6.71. The molecule has 0 radical (unpaired) electrons. The van der Waals surface area contributed by atoms with E-state index < -0.39 is 0 Å². The van der Waals surface area contributed by atoms with E-state index >= 15 is 0 Å². The predicted molar refractivity (Wildman–Crippen MR) is 117 cm³/mol. The maximum Gasteiger partial charge on any atom is 0.243 e. The summed E-state index contributed by atoms with van der Waals surface area (Å²) in [5.41, 5.74) is 0. The third-order valence-corrected chi connectivity index (χ3v) is 4.61. The highest BCUT2D eigenvalue weighted by atomic mass is 127. The van der Waals surface area contributed by atoms with E-state index in [1.807, 2.05) is 6.20 Å². The van der Waals surface area contributed by atoms with Crippen LogP contribution in [0.15, 0.2) is 17.4 Å². The molecule has 1 aromatic heterocycles. The summed E-state index contributed by atoms with van der Waals surface area (Å²) in [6.45, 7) is 6.98. The zero-order valence-electron chi connectivity index (χ0n) is 16.6. The minimum absolute atomic E-state index is 0. The van der Waals surface area contributed by atoms with Crippen molar-refractivity contribution in [2.24, 2.45) is 4.99 Å². The van der Waals surface area contributed by atoms with Crippen molar-refractivity contribution in [1.82, 2.24) is 35.4 Å². The van der Waals surface area contributed by atoms with E-state index in [0.717, 1.165) is 32.6 Å². The number of amides is 1. The molecule has 10 heteroatoms. The zero-order valence-corrected chi connectivity index (χ0v) is 18.9. The van der Waals surface area contributed by atoms with Gasteiger partial charge in [-0.05, 0) is 32.4 Å². The average molecular weight is 492 g/mol. The lowest BCUT2D eigenvalue weighted by atomic mass is 10.2. The molecule has 9 nitrogen and oxygen atoms in total. The molecule has 1 aliphatic heterocycles. The van der Waals surface area contributed by atoms with Gasteiger partial charge in [-0.15, -0.1) is 29.1 Å². The molecule has 2 rings (SSSR count). The Hall–Kier alpha value is -1.43. The first-order valence-electron chi connectivity index (χ1n) is 9.40. The minimum Gasteiger partial charge on any atom is -0.356 e. The van der Waals surface area contributed by atoms with E-state index in [0.29, 0.717) is 12.0 Å². The van der Waals surface area contributed by atoms with Crippen LogP contribution in [0.1, 0.15) is 26.2 Å². The van der Waals surface area contributed by atoms with E-state index in [2.05, 4.69) is 37.8 Å². The molecule has 0 aromatic carbocycles. The number of aromatic nitrogens is 3. The van der Waals surface area contributed by atoms with Gasteiger partial charge in [-0.1, -0.05) is 12.1 Å². The maximum atomic E-state index is 11.8. The molecule has 27 heavy (non-hydrogen) atoms. The van der Waals surface area contributed by atoms with Gasteiger partial charge in [0, 0.05) is 46.0 Å². The maximum absolute atomic E-state index is 11.8. The molecule has 0 saturated carbocycles. The van der Waals surface area contributed by atoms with Crippen molar-refractivity contribution in [1.29, 1.82) is 0 Å². The van der Waals surface area contributed by atoms with Gasteiger partial charge in [0.05, 0.1) is 6.20 Å². The Bertz CT molecular complexity index is 563. The van der Waals surface area contributed by atoms with Crippen molar-refractivity contribution >= 4 is 35.8 Å². The summed E-state index contributed by atoms with van der Waals surface area (Å²) in [6.07, 6.45) is 6.88. The van der Waals surface area contributed by atoms with E-state index in [1.54, 1.807) is 29.9 Å². The number of halogens is 1. The van der Waals surface area contributed by atoms with Crippen LogP contribution >= 0.6 is 24.0 Å². The summed E-state index contributed by atoms with van der Waals surface area (Å²) >= 11 is 0. The smallest absolute Gasteiger partial charge is 0.243 e. The molecule has 0 aliphatic carbocycles. The summed E-state index contributed by atoms with van der Waals surface area (Å²) in [4.78, 5) is 20.3. The van der Waals surface area contributed by atoms with Gasteiger partial charge in [0.1, 0.15) is 6.54 Å². The van der Waals surface area contributed by atoms with Crippen molar-refractivity contribution in [3.8, 4) is 0 Å². The summed E-state index contributed by atoms with van der Waals surface area (Å²) in [5.74, 6) is 0.687. The highest BCUT2D eigenvalue weighted by Gasteiger charge is 2.22. The highest BCUT2D eigenvalue weighted by molar-refractivity contribution is 14.0. The van der Waals surface area contributed by atoms with Crippen LogP contribution in [0.2, 0.25) is 0 Å². The summed E-state index contributed by atoms with van der Waals surface area (Å²) in [6, 6.07) is 0.534. The SMILES string of the molecule is CCN1CCCC1CNC(=NCC(=O)N(C)C)NCCCn1ccnn1.I. The molecular formula is C17H33IN8O. The number of carbonyl (C=O) groups is 1. The van der Waals surface area contributed by atoms with Gasteiger partial charge in [-0.2, -0.15) is 0 Å². The van der Waals surface area contributed by atoms with Crippen molar-refractivity contribution in [3.05, 3.63) is 12.4 Å². The minimum atomic E-state index is -0.00948. The molecule has 1 atom stereocenters. The number of rotatable bonds is 9. The number of likely N-dealkylation sites (N-methyl/N-ethyl adjacent to an activating group) is 2. The summed E-state index contributed by atoms with van der Waals surface area (Å²) in [7, 11) is 3.49. The number of aliphatic imine (C=N–C) groups is 1. The van der Waals surface area contributed by atoms with Crippen LogP contribution in [0, 0.1) is 0 Å². The Morgan fingerprint density at radius 1 is 1.37 bits per heavy atom. The average Bonchev–Trinajstić information content (AvgIpc) is 3.31. The Morgan fingerprint density at radius 3 is 2.85 bits per heavy atom. The number of likely N-dealkylation sites (tertiary alicyclic amines) is 1. The lowest BCUT2D eigenvalue weighted by Crippen LogP contribution is -2.45. The fourth-order valence-corrected chi connectivity index (χ4v) is 3.02. The molecule has 1 aromatic rings. The lowest BCUT2D eigenvalue weighted by molar-refractivity contribution is -0.127. The molecule has 1 saturated heterocycles. The molecule has 1 fully saturated rings. The molecular weight excluding hydrogens is 459 g/mol. The van der Waals surface area contributed by atoms with Crippen LogP contribution in [0.4, 0.5) is 0 Å². The van der Waals surface area contributed by atoms with Crippen molar-refractivity contribution < 1.29 is 4.79 Å². The highest BCUT2D eigenvalue weighted by Crippen LogP contribution is 2.15. The van der Waals surface area contributed by atoms with Crippen LogP contribution in [0.5, 0.6) is 0 Å². The van der Waals surface area contributed by atoms with E-state index in [4.69, 9.17) is 0 Å². The Kier molecular flexibility index (Phi) is 11.3. The molecule has 0 spiro atoms. The molecule has 1 aliphatic rings. The Labute approximate surface area is 179 Å². The van der Waals surface area contributed by atoms with E-state index in [1.165, 1.54) is 19.4 Å². The number of aryl methyl sites for hydroxylation is 1. The standard InChI is InChI=1S/C17H32N8O.HI/c1-4-24-10-5-7-15(24)13-19-17(20-14-16(26)23(2)3)18-8-6-11-25-12-9-21-22-25;/h9,12,15H,4-8,10-11,13-14H2,1-3H3,(H2,18,19,20);1H. The number of nitrogens with one attached hydrogen (secondary N) is 2. The number of guanidine groups is 1. The molecule has 1 amide bonds. The predicted octanol–water partition coefficient (Wildman–Crippen LogP) is 0.394. The first kappa shape index (κ1) is 23.6. The zero-order chi connectivity index (χ0) is 18.8. The van der Waals surface area contributed by atoms with Gasteiger partial charge in [-0.3, -0.25) is 14.4 Å². The fraction of sp³-hybridized carbons (Fsp3) is 0.765. The molecule has 0 bridgehead atoms. The van der Waals surface area contributed by atoms with E-state index in [9.17, 15) is 4.79 Å². The second-order valence-electron chi connectivity index (χ2n) is 6.71. The van der Waals surface area contributed by atoms with Gasteiger partial charge >= 0.3 is 0 Å². The van der Waals surface area contributed by atoms with Gasteiger partial charge < -0.3 is 15.5 Å². The van der Waals surface area contributed by atoms with Gasteiger partial charge in [-0.25, -0.2) is 4.99 Å². The van der Waals surface area contributed by atoms with Gasteiger partial charge in [0.2, 0.25) is 5.91 Å². The topological polar surface area (TPSA) is 90.7 Å². The van der Waals surface area contributed by atoms with Crippen molar-refractivity contribution in [3.63, 3.8) is 0 Å². The third-order valence-electron chi connectivity index (χ3n) is 4.61. The van der Waals surface area contributed by atoms with Crippen LogP contribution in [0.25, 0.3) is 0 Å². The van der Waals surface area contributed by atoms with Gasteiger partial charge in [0.15, 0.2) is 5.96 Å². The summed E-state index contributed by atoms with van der Waals surface area (Å²) < 4.78 is 1.80. The first-order valence-corrected chi connectivity index (χ1v) is 9.40. The van der Waals surface area contributed by atoms with Crippen LogP contribution in [0.3, 0.4) is 0 Å². The monoisotopic (exact) mass is 492 g/mol. The van der Waals surface area contributed by atoms with Crippen molar-refractivity contribution in [2.75, 3.05) is 46.8 Å². The quantitative estimate of drug-likeness (QED) is 0.225. The number of nitrogens with zero attached hydrogens (tertiary/aromatic N) is 6. The second kappa shape index (κ2) is 12.9. The van der Waals surface area contributed by atoms with Crippen LogP contribution in [-0.2, 0) is 11.3 Å². The van der Waals surface area contributed by atoms with Crippen LogP contribution < -0.4 is 10.6 Å². The number of carbonyl (C=O) groups excluding carboxylic acids is 1. The Balaban J connectivity index is 0.00000364.